The minimum Gasteiger partial charge on any atom is -0.493 e. The molecule has 0 unspecified atom stereocenters. The topological polar surface area (TPSA) is 109 Å². The van der Waals surface area contributed by atoms with Gasteiger partial charge in [0.05, 0.1) is 32.6 Å². The van der Waals surface area contributed by atoms with Crippen molar-refractivity contribution in [2.45, 2.75) is 0 Å². The summed E-state index contributed by atoms with van der Waals surface area (Å²) in [5, 5.41) is 7.82. The zero-order valence-corrected chi connectivity index (χ0v) is 19.2. The van der Waals surface area contributed by atoms with Crippen LogP contribution in [-0.2, 0) is 0 Å². The van der Waals surface area contributed by atoms with E-state index in [-0.39, 0.29) is 11.7 Å². The molecular weight excluding hydrogens is 450 g/mol. The molecule has 9 heteroatoms. The number of amides is 1. The zero-order valence-electron chi connectivity index (χ0n) is 19.2. The summed E-state index contributed by atoms with van der Waals surface area (Å²) in [5.41, 5.74) is 2.30. The van der Waals surface area contributed by atoms with Gasteiger partial charge in [-0.05, 0) is 36.4 Å². The Kier molecular flexibility index (Phi) is 5.80. The van der Waals surface area contributed by atoms with Crippen LogP contribution in [-0.4, -0.2) is 37.4 Å². The van der Waals surface area contributed by atoms with E-state index < -0.39 is 5.91 Å². The Bertz CT molecular complexity index is 1460. The number of hydrogen-bond donors (Lipinski definition) is 1. The fourth-order valence-electron chi connectivity index (χ4n) is 3.72. The van der Waals surface area contributed by atoms with Gasteiger partial charge in [-0.15, -0.1) is 0 Å². The third-order valence-corrected chi connectivity index (χ3v) is 5.40. The van der Waals surface area contributed by atoms with Crippen LogP contribution in [0.1, 0.15) is 10.6 Å². The molecule has 0 atom stereocenters. The molecule has 1 N–H and O–H groups in total. The molecule has 0 saturated heterocycles. The monoisotopic (exact) mass is 471 g/mol. The van der Waals surface area contributed by atoms with Crippen molar-refractivity contribution in [1.29, 1.82) is 0 Å². The number of aromatic nitrogens is 2. The summed E-state index contributed by atoms with van der Waals surface area (Å²) >= 11 is 0. The lowest BCUT2D eigenvalue weighted by molar-refractivity contribution is 0.0998. The van der Waals surface area contributed by atoms with E-state index in [0.29, 0.717) is 45.5 Å². The van der Waals surface area contributed by atoms with Crippen molar-refractivity contribution >= 4 is 22.6 Å². The highest BCUT2D eigenvalue weighted by atomic mass is 16.5. The van der Waals surface area contributed by atoms with Crippen LogP contribution in [0, 0.1) is 0 Å². The standard InChI is InChI=1S/C26H21N3O6/c1-31-20-13-16(14-21(32-2)23(20)33-3)24-28-26(35-29-24)17-9-5-6-10-18(17)27-25(30)22-12-15-8-4-7-11-19(15)34-22/h4-14H,1-3H3,(H,27,30). The zero-order chi connectivity index (χ0) is 24.4. The Morgan fingerprint density at radius 2 is 1.60 bits per heavy atom. The fraction of sp³-hybridized carbons (Fsp3) is 0.115. The number of anilines is 1. The molecule has 1 amide bonds. The molecule has 0 aliphatic rings. The van der Waals surface area contributed by atoms with E-state index >= 15 is 0 Å². The van der Waals surface area contributed by atoms with Crippen molar-refractivity contribution in [3.8, 4) is 40.1 Å². The Balaban J connectivity index is 1.46. The van der Waals surface area contributed by atoms with Gasteiger partial charge in [-0.2, -0.15) is 4.98 Å². The largest absolute Gasteiger partial charge is 0.493 e. The van der Waals surface area contributed by atoms with Crippen LogP contribution in [0.4, 0.5) is 5.69 Å². The quantitative estimate of drug-likeness (QED) is 0.335. The van der Waals surface area contributed by atoms with Gasteiger partial charge in [-0.1, -0.05) is 35.5 Å². The van der Waals surface area contributed by atoms with Crippen molar-refractivity contribution in [1.82, 2.24) is 10.1 Å². The second-order valence-electron chi connectivity index (χ2n) is 7.49. The van der Waals surface area contributed by atoms with E-state index in [0.717, 1.165) is 5.39 Å². The Labute approximate surface area is 200 Å². The Hall–Kier alpha value is -4.79. The summed E-state index contributed by atoms with van der Waals surface area (Å²) < 4.78 is 27.4. The number of nitrogens with zero attached hydrogens (tertiary/aromatic N) is 2. The van der Waals surface area contributed by atoms with Crippen molar-refractivity contribution in [2.75, 3.05) is 26.6 Å². The molecular formula is C26H21N3O6. The summed E-state index contributed by atoms with van der Waals surface area (Å²) in [7, 11) is 4.59. The molecule has 176 valence electrons. The molecule has 3 aromatic carbocycles. The summed E-state index contributed by atoms with van der Waals surface area (Å²) in [6.07, 6.45) is 0. The summed E-state index contributed by atoms with van der Waals surface area (Å²) in [5.74, 6) is 1.74. The number of fused-ring (bicyclic) bond motifs is 1. The van der Waals surface area contributed by atoms with Crippen LogP contribution in [0.2, 0.25) is 0 Å². The van der Waals surface area contributed by atoms with Crippen LogP contribution in [0.5, 0.6) is 17.2 Å². The Morgan fingerprint density at radius 1 is 0.886 bits per heavy atom. The average molecular weight is 471 g/mol. The second kappa shape index (κ2) is 9.22. The first kappa shape index (κ1) is 22.0. The van der Waals surface area contributed by atoms with E-state index in [1.54, 1.807) is 36.4 Å². The molecule has 0 radical (unpaired) electrons. The maximum Gasteiger partial charge on any atom is 0.291 e. The number of nitrogens with one attached hydrogen (secondary N) is 1. The first-order chi connectivity index (χ1) is 17.1. The van der Waals surface area contributed by atoms with Crippen LogP contribution in [0.15, 0.2) is 75.7 Å². The Morgan fingerprint density at radius 3 is 2.31 bits per heavy atom. The second-order valence-corrected chi connectivity index (χ2v) is 7.49. The van der Waals surface area contributed by atoms with Gasteiger partial charge in [-0.25, -0.2) is 0 Å². The van der Waals surface area contributed by atoms with Crippen molar-refractivity contribution in [2.24, 2.45) is 0 Å². The molecule has 0 saturated carbocycles. The molecule has 0 bridgehead atoms. The molecule has 9 nitrogen and oxygen atoms in total. The lowest BCUT2D eigenvalue weighted by Gasteiger charge is -2.12. The number of furan rings is 1. The van der Waals surface area contributed by atoms with Gasteiger partial charge < -0.3 is 28.5 Å². The maximum absolute atomic E-state index is 12.9. The number of benzene rings is 3. The molecule has 0 fully saturated rings. The van der Waals surface area contributed by atoms with E-state index in [4.69, 9.17) is 23.2 Å². The maximum atomic E-state index is 12.9. The molecule has 0 aliphatic carbocycles. The molecule has 35 heavy (non-hydrogen) atoms. The number of methoxy groups -OCH3 is 3. The molecule has 5 aromatic rings. The van der Waals surface area contributed by atoms with Gasteiger partial charge in [-0.3, -0.25) is 4.79 Å². The van der Waals surface area contributed by atoms with Gasteiger partial charge >= 0.3 is 0 Å². The van der Waals surface area contributed by atoms with Crippen molar-refractivity contribution in [3.05, 3.63) is 72.5 Å². The van der Waals surface area contributed by atoms with Gasteiger partial charge in [0, 0.05) is 10.9 Å². The van der Waals surface area contributed by atoms with Crippen molar-refractivity contribution < 1.29 is 27.9 Å². The van der Waals surface area contributed by atoms with Crippen molar-refractivity contribution in [3.63, 3.8) is 0 Å². The first-order valence-electron chi connectivity index (χ1n) is 10.6. The number of rotatable bonds is 7. The molecule has 0 spiro atoms. The summed E-state index contributed by atoms with van der Waals surface area (Å²) in [4.78, 5) is 17.4. The lowest BCUT2D eigenvalue weighted by Crippen LogP contribution is -2.11. The van der Waals surface area contributed by atoms with Crippen LogP contribution in [0.25, 0.3) is 33.8 Å². The number of carbonyl (C=O) groups is 1. The van der Waals surface area contributed by atoms with Gasteiger partial charge in [0.1, 0.15) is 5.58 Å². The minimum absolute atomic E-state index is 0.199. The lowest BCUT2D eigenvalue weighted by atomic mass is 10.1. The normalized spacial score (nSPS) is 10.8. The number of para-hydroxylation sites is 2. The average Bonchev–Trinajstić information content (AvgIpc) is 3.56. The van der Waals surface area contributed by atoms with Gasteiger partial charge in [0.25, 0.3) is 11.8 Å². The highest BCUT2D eigenvalue weighted by Gasteiger charge is 2.20. The van der Waals surface area contributed by atoms with E-state index in [9.17, 15) is 4.79 Å². The fourth-order valence-corrected chi connectivity index (χ4v) is 3.72. The predicted octanol–water partition coefficient (Wildman–Crippen LogP) is 5.43. The van der Waals surface area contributed by atoms with Crippen LogP contribution >= 0.6 is 0 Å². The van der Waals surface area contributed by atoms with Crippen LogP contribution < -0.4 is 19.5 Å². The predicted molar refractivity (Wildman–Crippen MR) is 129 cm³/mol. The molecule has 2 aromatic heterocycles. The van der Waals surface area contributed by atoms with Gasteiger partial charge in [0.15, 0.2) is 17.3 Å². The van der Waals surface area contributed by atoms with E-state index in [1.165, 1.54) is 21.3 Å². The van der Waals surface area contributed by atoms with E-state index in [2.05, 4.69) is 15.5 Å². The van der Waals surface area contributed by atoms with Crippen LogP contribution in [0.3, 0.4) is 0 Å². The first-order valence-corrected chi connectivity index (χ1v) is 10.6. The van der Waals surface area contributed by atoms with Gasteiger partial charge in [0.2, 0.25) is 11.6 Å². The highest BCUT2D eigenvalue weighted by molar-refractivity contribution is 6.06. The summed E-state index contributed by atoms with van der Waals surface area (Å²) in [6.45, 7) is 0. The third kappa shape index (κ3) is 4.15. The molecule has 2 heterocycles. The summed E-state index contributed by atoms with van der Waals surface area (Å²) in [6, 6.07) is 19.7. The number of hydrogen-bond acceptors (Lipinski definition) is 8. The number of carbonyl (C=O) groups excluding carboxylic acids is 1. The SMILES string of the molecule is COc1cc(-c2noc(-c3ccccc3NC(=O)c3cc4ccccc4o3)n2)cc(OC)c1OC. The smallest absolute Gasteiger partial charge is 0.291 e. The number of ether oxygens (including phenoxy) is 3. The molecule has 0 aliphatic heterocycles. The highest BCUT2D eigenvalue weighted by Crippen LogP contribution is 2.41. The van der Waals surface area contributed by atoms with E-state index in [1.807, 2.05) is 30.3 Å². The minimum atomic E-state index is -0.391. The molecule has 5 rings (SSSR count). The third-order valence-electron chi connectivity index (χ3n) is 5.40.